The molecule has 1 aromatic carbocycles. The van der Waals surface area contributed by atoms with Gasteiger partial charge in [-0.3, -0.25) is 4.79 Å². The van der Waals surface area contributed by atoms with Gasteiger partial charge >= 0.3 is 0 Å². The first-order chi connectivity index (χ1) is 9.65. The van der Waals surface area contributed by atoms with Gasteiger partial charge in [-0.1, -0.05) is 36.8 Å². The first-order valence-electron chi connectivity index (χ1n) is 7.69. The Morgan fingerprint density at radius 2 is 2.15 bits per heavy atom. The third-order valence-corrected chi connectivity index (χ3v) is 4.15. The first kappa shape index (κ1) is 15.0. The van der Waals surface area contributed by atoms with Gasteiger partial charge in [-0.2, -0.15) is 0 Å². The molecule has 2 N–H and O–H groups in total. The molecule has 1 saturated heterocycles. The quantitative estimate of drug-likeness (QED) is 0.866. The van der Waals surface area contributed by atoms with Crippen LogP contribution in [0.1, 0.15) is 43.2 Å². The maximum absolute atomic E-state index is 12.0. The summed E-state index contributed by atoms with van der Waals surface area (Å²) in [5.74, 6) is 1.13. The SMILES string of the molecule is Cc1cccc(C(C)CNC(=O)CC2CCNCC2)c1. The van der Waals surface area contributed by atoms with Gasteiger partial charge in [0.25, 0.3) is 0 Å². The van der Waals surface area contributed by atoms with Gasteiger partial charge in [-0.05, 0) is 50.3 Å². The van der Waals surface area contributed by atoms with Crippen LogP contribution < -0.4 is 10.6 Å². The summed E-state index contributed by atoms with van der Waals surface area (Å²) in [5, 5.41) is 6.42. The van der Waals surface area contributed by atoms with Crippen molar-refractivity contribution >= 4 is 5.91 Å². The van der Waals surface area contributed by atoms with E-state index in [-0.39, 0.29) is 5.91 Å². The lowest BCUT2D eigenvalue weighted by atomic mass is 9.94. The summed E-state index contributed by atoms with van der Waals surface area (Å²) in [6, 6.07) is 8.52. The van der Waals surface area contributed by atoms with E-state index in [1.165, 1.54) is 11.1 Å². The number of rotatable bonds is 5. The van der Waals surface area contributed by atoms with Crippen LogP contribution in [0.3, 0.4) is 0 Å². The highest BCUT2D eigenvalue weighted by molar-refractivity contribution is 5.76. The minimum Gasteiger partial charge on any atom is -0.355 e. The Kier molecular flexibility index (Phi) is 5.60. The molecule has 0 saturated carbocycles. The molecule has 1 aliphatic heterocycles. The van der Waals surface area contributed by atoms with Gasteiger partial charge in [-0.15, -0.1) is 0 Å². The van der Waals surface area contributed by atoms with Crippen molar-refractivity contribution in [3.05, 3.63) is 35.4 Å². The normalized spacial score (nSPS) is 17.7. The Bertz CT molecular complexity index is 438. The monoisotopic (exact) mass is 274 g/mol. The predicted octanol–water partition coefficient (Wildman–Crippen LogP) is 2.60. The number of aryl methyl sites for hydroxylation is 1. The molecule has 20 heavy (non-hydrogen) atoms. The van der Waals surface area contributed by atoms with Crippen LogP contribution in [-0.2, 0) is 4.79 Å². The van der Waals surface area contributed by atoms with E-state index < -0.39 is 0 Å². The Hall–Kier alpha value is -1.35. The molecule has 0 aromatic heterocycles. The van der Waals surface area contributed by atoms with Crippen molar-refractivity contribution in [3.63, 3.8) is 0 Å². The van der Waals surface area contributed by atoms with Gasteiger partial charge < -0.3 is 10.6 Å². The maximum Gasteiger partial charge on any atom is 0.220 e. The molecule has 110 valence electrons. The van der Waals surface area contributed by atoms with Gasteiger partial charge in [0.2, 0.25) is 5.91 Å². The smallest absolute Gasteiger partial charge is 0.220 e. The lowest BCUT2D eigenvalue weighted by molar-refractivity contribution is -0.122. The van der Waals surface area contributed by atoms with E-state index in [9.17, 15) is 4.79 Å². The van der Waals surface area contributed by atoms with E-state index in [0.717, 1.165) is 32.5 Å². The molecule has 1 fully saturated rings. The van der Waals surface area contributed by atoms with Crippen molar-refractivity contribution in [2.24, 2.45) is 5.92 Å². The minimum absolute atomic E-state index is 0.205. The second kappa shape index (κ2) is 7.44. The Morgan fingerprint density at radius 3 is 2.85 bits per heavy atom. The number of nitrogens with one attached hydrogen (secondary N) is 2. The highest BCUT2D eigenvalue weighted by atomic mass is 16.1. The third kappa shape index (κ3) is 4.64. The molecule has 2 rings (SSSR count). The first-order valence-corrected chi connectivity index (χ1v) is 7.69. The number of benzene rings is 1. The van der Waals surface area contributed by atoms with E-state index >= 15 is 0 Å². The molecule has 0 spiro atoms. The number of hydrogen-bond donors (Lipinski definition) is 2. The third-order valence-electron chi connectivity index (χ3n) is 4.15. The molecule has 0 radical (unpaired) electrons. The zero-order valence-electron chi connectivity index (χ0n) is 12.6. The number of amides is 1. The summed E-state index contributed by atoms with van der Waals surface area (Å²) >= 11 is 0. The zero-order chi connectivity index (χ0) is 14.4. The number of carbonyl (C=O) groups is 1. The van der Waals surface area contributed by atoms with E-state index in [1.807, 2.05) is 0 Å². The van der Waals surface area contributed by atoms with Crippen molar-refractivity contribution < 1.29 is 4.79 Å². The van der Waals surface area contributed by atoms with Crippen molar-refractivity contribution in [1.82, 2.24) is 10.6 Å². The van der Waals surface area contributed by atoms with Gasteiger partial charge in [0.05, 0.1) is 0 Å². The van der Waals surface area contributed by atoms with E-state index in [0.29, 0.717) is 18.3 Å². The molecule has 0 bridgehead atoms. The van der Waals surface area contributed by atoms with Gasteiger partial charge in [0.15, 0.2) is 0 Å². The van der Waals surface area contributed by atoms with E-state index in [1.54, 1.807) is 0 Å². The summed E-state index contributed by atoms with van der Waals surface area (Å²) in [6.45, 7) is 7.11. The fraction of sp³-hybridized carbons (Fsp3) is 0.588. The average molecular weight is 274 g/mol. The topological polar surface area (TPSA) is 41.1 Å². The molecule has 1 aliphatic rings. The number of carbonyl (C=O) groups excluding carboxylic acids is 1. The Labute approximate surface area is 122 Å². The standard InChI is InChI=1S/C17H26N2O/c1-13-4-3-5-16(10-13)14(2)12-19-17(20)11-15-6-8-18-9-7-15/h3-5,10,14-15,18H,6-9,11-12H2,1-2H3,(H,19,20). The predicted molar refractivity (Wildman–Crippen MR) is 82.8 cm³/mol. The van der Waals surface area contributed by atoms with Crippen molar-refractivity contribution in [2.45, 2.75) is 39.0 Å². The molecule has 3 nitrogen and oxygen atoms in total. The lowest BCUT2D eigenvalue weighted by Gasteiger charge is -2.22. The molecular weight excluding hydrogens is 248 g/mol. The average Bonchev–Trinajstić information content (AvgIpc) is 2.46. The Morgan fingerprint density at radius 1 is 1.40 bits per heavy atom. The lowest BCUT2D eigenvalue weighted by Crippen LogP contribution is -2.33. The fourth-order valence-electron chi connectivity index (χ4n) is 2.78. The summed E-state index contributed by atoms with van der Waals surface area (Å²) in [7, 11) is 0. The Balaban J connectivity index is 1.75. The fourth-order valence-corrected chi connectivity index (χ4v) is 2.78. The van der Waals surface area contributed by atoms with Gasteiger partial charge in [-0.25, -0.2) is 0 Å². The van der Waals surface area contributed by atoms with Crippen LogP contribution in [0.15, 0.2) is 24.3 Å². The van der Waals surface area contributed by atoms with Crippen LogP contribution in [0.2, 0.25) is 0 Å². The van der Waals surface area contributed by atoms with Gasteiger partial charge in [0.1, 0.15) is 0 Å². The second-order valence-corrected chi connectivity index (χ2v) is 6.02. The zero-order valence-corrected chi connectivity index (χ0v) is 12.6. The number of hydrogen-bond acceptors (Lipinski definition) is 2. The molecular formula is C17H26N2O. The minimum atomic E-state index is 0.205. The molecule has 1 unspecified atom stereocenters. The van der Waals surface area contributed by atoms with Gasteiger partial charge in [0, 0.05) is 13.0 Å². The highest BCUT2D eigenvalue weighted by Crippen LogP contribution is 2.17. The molecule has 1 heterocycles. The van der Waals surface area contributed by atoms with Crippen LogP contribution in [0.4, 0.5) is 0 Å². The van der Waals surface area contributed by atoms with Crippen LogP contribution >= 0.6 is 0 Å². The summed E-state index contributed by atoms with van der Waals surface area (Å²) in [5.41, 5.74) is 2.57. The molecule has 1 aromatic rings. The summed E-state index contributed by atoms with van der Waals surface area (Å²) in [4.78, 5) is 12.0. The molecule has 1 amide bonds. The highest BCUT2D eigenvalue weighted by Gasteiger charge is 2.17. The van der Waals surface area contributed by atoms with Crippen LogP contribution in [0.25, 0.3) is 0 Å². The van der Waals surface area contributed by atoms with Crippen LogP contribution in [0, 0.1) is 12.8 Å². The summed E-state index contributed by atoms with van der Waals surface area (Å²) in [6.07, 6.45) is 2.93. The second-order valence-electron chi connectivity index (χ2n) is 6.02. The molecule has 3 heteroatoms. The van der Waals surface area contributed by atoms with Crippen molar-refractivity contribution in [2.75, 3.05) is 19.6 Å². The molecule has 0 aliphatic carbocycles. The maximum atomic E-state index is 12.0. The largest absolute Gasteiger partial charge is 0.355 e. The van der Waals surface area contributed by atoms with Crippen LogP contribution in [0.5, 0.6) is 0 Å². The van der Waals surface area contributed by atoms with Crippen molar-refractivity contribution in [3.8, 4) is 0 Å². The van der Waals surface area contributed by atoms with E-state index in [2.05, 4.69) is 48.7 Å². The van der Waals surface area contributed by atoms with E-state index in [4.69, 9.17) is 0 Å². The number of piperidine rings is 1. The van der Waals surface area contributed by atoms with Crippen molar-refractivity contribution in [1.29, 1.82) is 0 Å². The molecule has 1 atom stereocenters. The summed E-state index contributed by atoms with van der Waals surface area (Å²) < 4.78 is 0. The van der Waals surface area contributed by atoms with Crippen LogP contribution in [-0.4, -0.2) is 25.5 Å².